The Balaban J connectivity index is 2.47. The van der Waals surface area contributed by atoms with Crippen molar-refractivity contribution < 1.29 is 17.9 Å². The molecule has 1 N–H and O–H groups in total. The number of benzene rings is 1. The molecule has 1 rings (SSSR count). The van der Waals surface area contributed by atoms with Crippen LogP contribution < -0.4 is 10.1 Å². The van der Waals surface area contributed by atoms with Crippen LogP contribution in [0.1, 0.15) is 0 Å². The van der Waals surface area contributed by atoms with Gasteiger partial charge in [-0.1, -0.05) is 12.2 Å². The second-order valence-electron chi connectivity index (χ2n) is 3.08. The summed E-state index contributed by atoms with van der Waals surface area (Å²) in [5.74, 6) is 0.194. The minimum atomic E-state index is -4.65. The molecule has 0 atom stereocenters. The van der Waals surface area contributed by atoms with E-state index >= 15 is 0 Å². The first-order chi connectivity index (χ1) is 8.01. The lowest BCUT2D eigenvalue weighted by molar-refractivity contribution is -0.274. The SMILES string of the molecule is FC(F)(F)Oc1ccc(NC/C=C/CCl)cc1. The molecule has 0 fully saturated rings. The van der Waals surface area contributed by atoms with Gasteiger partial charge in [0.15, 0.2) is 0 Å². The zero-order valence-corrected chi connectivity index (χ0v) is 9.55. The van der Waals surface area contributed by atoms with E-state index in [0.717, 1.165) is 0 Å². The average molecular weight is 266 g/mol. The monoisotopic (exact) mass is 265 g/mol. The first-order valence-electron chi connectivity index (χ1n) is 4.82. The summed E-state index contributed by atoms with van der Waals surface area (Å²) in [6, 6.07) is 5.52. The third-order valence-electron chi connectivity index (χ3n) is 1.77. The molecule has 0 radical (unpaired) electrons. The second kappa shape index (κ2) is 6.39. The molecule has 6 heteroatoms. The lowest BCUT2D eigenvalue weighted by Crippen LogP contribution is -2.17. The number of nitrogens with one attached hydrogen (secondary N) is 1. The van der Waals surface area contributed by atoms with Crippen molar-refractivity contribution in [3.63, 3.8) is 0 Å². The summed E-state index contributed by atoms with van der Waals surface area (Å²) in [6.07, 6.45) is -1.05. The molecule has 0 unspecified atom stereocenters. The second-order valence-corrected chi connectivity index (χ2v) is 3.39. The summed E-state index contributed by atoms with van der Waals surface area (Å²) in [6.45, 7) is 0.562. The van der Waals surface area contributed by atoms with Crippen LogP contribution in [0.25, 0.3) is 0 Å². The van der Waals surface area contributed by atoms with Gasteiger partial charge in [-0.3, -0.25) is 0 Å². The Morgan fingerprint density at radius 3 is 2.35 bits per heavy atom. The highest BCUT2D eigenvalue weighted by atomic mass is 35.5. The van der Waals surface area contributed by atoms with Gasteiger partial charge in [-0.2, -0.15) is 0 Å². The van der Waals surface area contributed by atoms with Crippen LogP contribution >= 0.6 is 11.6 Å². The van der Waals surface area contributed by atoms with Gasteiger partial charge in [0.05, 0.1) is 0 Å². The maximum absolute atomic E-state index is 11.9. The van der Waals surface area contributed by atoms with Crippen molar-refractivity contribution in [2.24, 2.45) is 0 Å². The van der Waals surface area contributed by atoms with Gasteiger partial charge in [-0.25, -0.2) is 0 Å². The van der Waals surface area contributed by atoms with E-state index in [1.807, 2.05) is 6.08 Å². The predicted molar refractivity (Wildman–Crippen MR) is 61.5 cm³/mol. The fourth-order valence-corrected chi connectivity index (χ4v) is 1.22. The molecule has 0 amide bonds. The maximum Gasteiger partial charge on any atom is 0.573 e. The van der Waals surface area contributed by atoms with Crippen LogP contribution in [0.3, 0.4) is 0 Å². The van der Waals surface area contributed by atoms with E-state index in [0.29, 0.717) is 18.1 Å². The van der Waals surface area contributed by atoms with E-state index in [2.05, 4.69) is 10.1 Å². The van der Waals surface area contributed by atoms with E-state index in [9.17, 15) is 13.2 Å². The lowest BCUT2D eigenvalue weighted by atomic mass is 10.3. The highest BCUT2D eigenvalue weighted by Crippen LogP contribution is 2.23. The molecule has 2 nitrogen and oxygen atoms in total. The van der Waals surface area contributed by atoms with Crippen LogP contribution in [0, 0.1) is 0 Å². The average Bonchev–Trinajstić information content (AvgIpc) is 2.25. The smallest absolute Gasteiger partial charge is 0.406 e. The molecule has 0 aliphatic heterocycles. The minimum absolute atomic E-state index is 0.237. The van der Waals surface area contributed by atoms with E-state index in [-0.39, 0.29) is 5.75 Å². The highest BCUT2D eigenvalue weighted by Gasteiger charge is 2.30. The van der Waals surface area contributed by atoms with Gasteiger partial charge in [-0.15, -0.1) is 24.8 Å². The van der Waals surface area contributed by atoms with Gasteiger partial charge < -0.3 is 10.1 Å². The standard InChI is InChI=1S/C11H11ClF3NO/c12-7-1-2-8-16-9-3-5-10(6-4-9)17-11(13,14)15/h1-6,16H,7-8H2/b2-1+. The molecule has 0 spiro atoms. The largest absolute Gasteiger partial charge is 0.573 e. The summed E-state index contributed by atoms with van der Waals surface area (Å²) in [7, 11) is 0. The number of ether oxygens (including phenoxy) is 1. The van der Waals surface area contributed by atoms with Crippen LogP contribution in [0.2, 0.25) is 0 Å². The number of hydrogen-bond donors (Lipinski definition) is 1. The maximum atomic E-state index is 11.9. The lowest BCUT2D eigenvalue weighted by Gasteiger charge is -2.09. The Morgan fingerprint density at radius 1 is 1.18 bits per heavy atom. The normalized spacial score (nSPS) is 11.8. The third-order valence-corrected chi connectivity index (χ3v) is 1.95. The molecule has 17 heavy (non-hydrogen) atoms. The van der Waals surface area contributed by atoms with Crippen LogP contribution in [-0.4, -0.2) is 18.8 Å². The fourth-order valence-electron chi connectivity index (χ4n) is 1.10. The van der Waals surface area contributed by atoms with Crippen molar-refractivity contribution in [2.45, 2.75) is 6.36 Å². The number of hydrogen-bond acceptors (Lipinski definition) is 2. The van der Waals surface area contributed by atoms with Crippen LogP contribution in [-0.2, 0) is 0 Å². The zero-order valence-electron chi connectivity index (χ0n) is 8.80. The Morgan fingerprint density at radius 2 is 1.82 bits per heavy atom. The number of allylic oxidation sites excluding steroid dienone is 1. The Kier molecular flexibility index (Phi) is 5.15. The summed E-state index contributed by atoms with van der Waals surface area (Å²) in [5.41, 5.74) is 0.707. The molecule has 1 aromatic carbocycles. The van der Waals surface area contributed by atoms with Gasteiger partial charge >= 0.3 is 6.36 Å². The summed E-state index contributed by atoms with van der Waals surface area (Å²) < 4.78 is 39.4. The topological polar surface area (TPSA) is 21.3 Å². The van der Waals surface area contributed by atoms with Crippen molar-refractivity contribution in [2.75, 3.05) is 17.7 Å². The van der Waals surface area contributed by atoms with E-state index in [1.54, 1.807) is 6.08 Å². The molecule has 1 aromatic rings. The molecule has 0 aliphatic rings. The first kappa shape index (κ1) is 13.7. The van der Waals surface area contributed by atoms with Gasteiger partial charge in [0.1, 0.15) is 5.75 Å². The van der Waals surface area contributed by atoms with Crippen molar-refractivity contribution in [3.8, 4) is 5.75 Å². The fraction of sp³-hybridized carbons (Fsp3) is 0.273. The van der Waals surface area contributed by atoms with Crippen molar-refractivity contribution in [1.29, 1.82) is 0 Å². The van der Waals surface area contributed by atoms with E-state index in [1.165, 1.54) is 24.3 Å². The molecular formula is C11H11ClF3NO. The Bertz CT molecular complexity index is 362. The van der Waals surface area contributed by atoms with Gasteiger partial charge in [0.2, 0.25) is 0 Å². The summed E-state index contributed by atoms with van der Waals surface area (Å²) >= 11 is 5.43. The van der Waals surface area contributed by atoms with Crippen molar-refractivity contribution >= 4 is 17.3 Å². The molecule has 0 aliphatic carbocycles. The first-order valence-corrected chi connectivity index (χ1v) is 5.35. The van der Waals surface area contributed by atoms with Crippen LogP contribution in [0.15, 0.2) is 36.4 Å². The van der Waals surface area contributed by atoms with Crippen molar-refractivity contribution in [3.05, 3.63) is 36.4 Å². The van der Waals surface area contributed by atoms with Gasteiger partial charge in [0, 0.05) is 18.1 Å². The molecule has 0 heterocycles. The number of halogens is 4. The van der Waals surface area contributed by atoms with Gasteiger partial charge in [0.25, 0.3) is 0 Å². The quantitative estimate of drug-likeness (QED) is 0.646. The Labute approximate surface area is 102 Å². The van der Waals surface area contributed by atoms with E-state index in [4.69, 9.17) is 11.6 Å². The zero-order chi connectivity index (χ0) is 12.7. The van der Waals surface area contributed by atoms with Crippen LogP contribution in [0.4, 0.5) is 18.9 Å². The molecule has 94 valence electrons. The molecule has 0 saturated carbocycles. The summed E-state index contributed by atoms with van der Waals surface area (Å²) in [5, 5.41) is 2.99. The van der Waals surface area contributed by atoms with Crippen LogP contribution in [0.5, 0.6) is 5.75 Å². The predicted octanol–water partition coefficient (Wildman–Crippen LogP) is 3.79. The number of rotatable bonds is 5. The molecule has 0 saturated heterocycles. The van der Waals surface area contributed by atoms with Gasteiger partial charge in [-0.05, 0) is 24.3 Å². The molecule has 0 aromatic heterocycles. The summed E-state index contributed by atoms with van der Waals surface area (Å²) in [4.78, 5) is 0. The molecular weight excluding hydrogens is 255 g/mol. The highest BCUT2D eigenvalue weighted by molar-refractivity contribution is 6.18. The van der Waals surface area contributed by atoms with Crippen molar-refractivity contribution in [1.82, 2.24) is 0 Å². The minimum Gasteiger partial charge on any atom is -0.406 e. The third kappa shape index (κ3) is 6.06. The van der Waals surface area contributed by atoms with E-state index < -0.39 is 6.36 Å². The number of alkyl halides is 4. The molecule has 0 bridgehead atoms. The number of anilines is 1. The Hall–Kier alpha value is -1.36.